The Morgan fingerprint density at radius 2 is 0.833 bits per heavy atom. The normalized spacial score (nSPS) is 32.2. The Balaban J connectivity index is 1.35. The van der Waals surface area contributed by atoms with E-state index in [0.717, 1.165) is 16.7 Å². The van der Waals surface area contributed by atoms with Crippen molar-refractivity contribution in [3.63, 3.8) is 0 Å². The van der Waals surface area contributed by atoms with E-state index >= 15 is 0 Å². The topological polar surface area (TPSA) is 55.4 Å². The van der Waals surface area contributed by atoms with Gasteiger partial charge in [0.05, 0.1) is 13.2 Å². The van der Waals surface area contributed by atoms with Crippen LogP contribution in [0, 0.1) is 0 Å². The van der Waals surface area contributed by atoms with Crippen LogP contribution in [-0.2, 0) is 28.4 Å². The van der Waals surface area contributed by atoms with E-state index in [4.69, 9.17) is 63.2 Å². The summed E-state index contributed by atoms with van der Waals surface area (Å²) in [7, 11) is 0. The molecule has 3 aliphatic rings. The first kappa shape index (κ1) is 24.6. The van der Waals surface area contributed by atoms with Crippen LogP contribution in [-0.4, -0.2) is 37.6 Å². The zero-order valence-corrected chi connectivity index (χ0v) is 21.2. The predicted octanol–water partition coefficient (Wildman–Crippen LogP) is 6.66. The third-order valence-corrected chi connectivity index (χ3v) is 7.55. The Morgan fingerprint density at radius 1 is 0.472 bits per heavy atom. The fraction of sp³-hybridized carbons (Fsp3) is 0.333. The fourth-order valence-corrected chi connectivity index (χ4v) is 5.40. The minimum Gasteiger partial charge on any atom is -0.346 e. The lowest BCUT2D eigenvalue weighted by Crippen LogP contribution is -2.59. The van der Waals surface area contributed by atoms with Crippen LogP contribution in [0.4, 0.5) is 0 Å². The molecular weight excluding hydrogens is 527 g/mol. The molecule has 6 rings (SSSR count). The van der Waals surface area contributed by atoms with Crippen molar-refractivity contribution in [1.82, 2.24) is 0 Å². The van der Waals surface area contributed by atoms with Crippen molar-refractivity contribution in [2.45, 2.75) is 43.3 Å². The number of halogens is 3. The molecule has 3 heterocycles. The largest absolute Gasteiger partial charge is 0.346 e. The number of hydrogen-bond donors (Lipinski definition) is 0. The van der Waals surface area contributed by atoms with Gasteiger partial charge >= 0.3 is 0 Å². The van der Waals surface area contributed by atoms with Gasteiger partial charge in [0, 0.05) is 31.8 Å². The summed E-state index contributed by atoms with van der Waals surface area (Å²) in [6.07, 6.45) is -4.19. The first-order chi connectivity index (χ1) is 17.6. The molecule has 6 nitrogen and oxygen atoms in total. The van der Waals surface area contributed by atoms with E-state index < -0.39 is 43.3 Å². The van der Waals surface area contributed by atoms with Gasteiger partial charge in [-0.3, -0.25) is 0 Å². The summed E-state index contributed by atoms with van der Waals surface area (Å²) < 4.78 is 38.1. The molecule has 3 fully saturated rings. The first-order valence-corrected chi connectivity index (χ1v) is 12.8. The van der Waals surface area contributed by atoms with Gasteiger partial charge < -0.3 is 28.4 Å². The summed E-state index contributed by atoms with van der Waals surface area (Å²) in [6, 6.07) is 22.3. The van der Waals surface area contributed by atoms with Crippen molar-refractivity contribution >= 4 is 34.8 Å². The van der Waals surface area contributed by atoms with E-state index in [0.29, 0.717) is 15.1 Å². The second kappa shape index (κ2) is 10.6. The fourth-order valence-electron chi connectivity index (χ4n) is 4.73. The highest BCUT2D eigenvalue weighted by Gasteiger charge is 2.52. The molecule has 0 N–H and O–H groups in total. The average molecular weight is 550 g/mol. The molecule has 3 saturated heterocycles. The highest BCUT2D eigenvalue weighted by Crippen LogP contribution is 2.44. The van der Waals surface area contributed by atoms with Gasteiger partial charge in [-0.15, -0.1) is 0 Å². The van der Waals surface area contributed by atoms with Crippen LogP contribution in [0.1, 0.15) is 35.6 Å². The van der Waals surface area contributed by atoms with E-state index in [1.165, 1.54) is 0 Å². The molecule has 36 heavy (non-hydrogen) atoms. The van der Waals surface area contributed by atoms with Gasteiger partial charge in [-0.05, 0) is 18.2 Å². The highest BCUT2D eigenvalue weighted by atomic mass is 35.5. The summed E-state index contributed by atoms with van der Waals surface area (Å²) in [6.45, 7) is 0.340. The van der Waals surface area contributed by atoms with Crippen LogP contribution in [0.15, 0.2) is 72.8 Å². The Morgan fingerprint density at radius 3 is 1.22 bits per heavy atom. The van der Waals surface area contributed by atoms with Crippen molar-refractivity contribution in [3.8, 4) is 0 Å². The third kappa shape index (κ3) is 4.78. The van der Waals surface area contributed by atoms with Crippen molar-refractivity contribution in [2.75, 3.05) is 13.2 Å². The molecule has 0 spiro atoms. The SMILES string of the molecule is Clc1ccccc1C1OC[C@@H]2OC(c3ccccc3Cl)O[C@H]3[C@@H]2OC(c2ccccc2Cl)O[C@@H]3CO1. The molecule has 3 aromatic carbocycles. The molecule has 3 unspecified atom stereocenters. The number of ether oxygens (including phenoxy) is 6. The minimum atomic E-state index is -0.725. The molecule has 3 aromatic rings. The molecule has 0 radical (unpaired) electrons. The van der Waals surface area contributed by atoms with Gasteiger partial charge in [-0.2, -0.15) is 0 Å². The maximum absolute atomic E-state index is 6.47. The van der Waals surface area contributed by atoms with E-state index in [2.05, 4.69) is 0 Å². The van der Waals surface area contributed by atoms with Crippen molar-refractivity contribution in [1.29, 1.82) is 0 Å². The molecule has 188 valence electrons. The lowest BCUT2D eigenvalue weighted by molar-refractivity contribution is -0.384. The molecule has 0 amide bonds. The zero-order chi connectivity index (χ0) is 24.6. The third-order valence-electron chi connectivity index (χ3n) is 6.52. The highest BCUT2D eigenvalue weighted by molar-refractivity contribution is 6.32. The quantitative estimate of drug-likeness (QED) is 0.364. The summed E-state index contributed by atoms with van der Waals surface area (Å²) in [5.74, 6) is 0. The van der Waals surface area contributed by atoms with Crippen molar-refractivity contribution in [2.24, 2.45) is 0 Å². The Kier molecular flexibility index (Phi) is 7.23. The van der Waals surface area contributed by atoms with E-state index in [9.17, 15) is 0 Å². The van der Waals surface area contributed by atoms with Crippen LogP contribution >= 0.6 is 34.8 Å². The number of hydrogen-bond acceptors (Lipinski definition) is 6. The zero-order valence-electron chi connectivity index (χ0n) is 19.0. The Hall–Kier alpha value is -1.71. The van der Waals surface area contributed by atoms with Gasteiger partial charge in [-0.25, -0.2) is 0 Å². The van der Waals surface area contributed by atoms with E-state index in [-0.39, 0.29) is 13.2 Å². The van der Waals surface area contributed by atoms with Gasteiger partial charge in [0.15, 0.2) is 18.9 Å². The maximum Gasteiger partial charge on any atom is 0.186 e. The standard InChI is InChI=1S/C27H23Cl3O6/c28-18-10-4-1-7-15(18)25-31-13-21-24-23(35-26(33-21)16-8-2-5-11-19(16)29)22(14-32-25)34-27(36-24)17-9-3-6-12-20(17)30/h1-12,21-27H,13-14H2/t21-,22+,23-,24-,25?,26?,27?/m1/s1. The van der Waals surface area contributed by atoms with Crippen LogP contribution in [0.5, 0.6) is 0 Å². The molecule has 4 bridgehead atoms. The second-order valence-corrected chi connectivity index (χ2v) is 10.00. The van der Waals surface area contributed by atoms with Crippen LogP contribution in [0.25, 0.3) is 0 Å². The Labute approximate surface area is 223 Å². The molecule has 7 atom stereocenters. The van der Waals surface area contributed by atoms with Gasteiger partial charge in [0.2, 0.25) is 0 Å². The molecule has 0 aliphatic carbocycles. The molecule has 0 aromatic heterocycles. The smallest absolute Gasteiger partial charge is 0.186 e. The molecule has 3 aliphatic heterocycles. The van der Waals surface area contributed by atoms with Crippen LogP contribution < -0.4 is 0 Å². The predicted molar refractivity (Wildman–Crippen MR) is 134 cm³/mol. The minimum absolute atomic E-state index is 0.170. The molecular formula is C27H23Cl3O6. The van der Waals surface area contributed by atoms with Crippen LogP contribution in [0.2, 0.25) is 15.1 Å². The molecule has 0 saturated carbocycles. The first-order valence-electron chi connectivity index (χ1n) is 11.7. The maximum atomic E-state index is 6.47. The summed E-state index contributed by atoms with van der Waals surface area (Å²) in [5, 5.41) is 1.64. The summed E-state index contributed by atoms with van der Waals surface area (Å²) in [5.41, 5.74) is 2.16. The van der Waals surface area contributed by atoms with E-state index in [1.807, 2.05) is 54.6 Å². The van der Waals surface area contributed by atoms with Gasteiger partial charge in [0.25, 0.3) is 0 Å². The van der Waals surface area contributed by atoms with Crippen molar-refractivity contribution < 1.29 is 28.4 Å². The summed E-state index contributed by atoms with van der Waals surface area (Å²) >= 11 is 19.4. The second-order valence-electron chi connectivity index (χ2n) is 8.78. The lowest BCUT2D eigenvalue weighted by Gasteiger charge is -2.48. The lowest BCUT2D eigenvalue weighted by atomic mass is 9.98. The number of benzene rings is 3. The monoisotopic (exact) mass is 548 g/mol. The number of rotatable bonds is 3. The average Bonchev–Trinajstić information content (AvgIpc) is 2.91. The van der Waals surface area contributed by atoms with Gasteiger partial charge in [0.1, 0.15) is 24.4 Å². The van der Waals surface area contributed by atoms with Gasteiger partial charge in [-0.1, -0.05) is 89.4 Å². The Bertz CT molecular complexity index is 1150. The van der Waals surface area contributed by atoms with E-state index in [1.54, 1.807) is 18.2 Å². The molecule has 9 heteroatoms. The summed E-state index contributed by atoms with van der Waals surface area (Å²) in [4.78, 5) is 0. The van der Waals surface area contributed by atoms with Crippen LogP contribution in [0.3, 0.4) is 0 Å². The van der Waals surface area contributed by atoms with Crippen molar-refractivity contribution in [3.05, 3.63) is 105 Å².